The van der Waals surface area contributed by atoms with Crippen LogP contribution < -0.4 is 5.82 Å². The van der Waals surface area contributed by atoms with Crippen molar-refractivity contribution < 1.29 is 8.83 Å². The van der Waals surface area contributed by atoms with Gasteiger partial charge in [0.25, 0.3) is 0 Å². The summed E-state index contributed by atoms with van der Waals surface area (Å²) in [5, 5.41) is 0. The maximum atomic E-state index is 10.3. The lowest BCUT2D eigenvalue weighted by atomic mass is 10.3. The molecule has 10 heavy (non-hydrogen) atoms. The van der Waals surface area contributed by atoms with Gasteiger partial charge in [-0.15, -0.1) is 6.58 Å². The van der Waals surface area contributed by atoms with Gasteiger partial charge in [0.1, 0.15) is 12.0 Å². The summed E-state index contributed by atoms with van der Waals surface area (Å²) in [6, 6.07) is 0. The Balaban J connectivity index is 2.58. The van der Waals surface area contributed by atoms with Crippen LogP contribution in [0, 0.1) is 0 Å². The second-order valence-electron chi connectivity index (χ2n) is 1.88. The van der Waals surface area contributed by atoms with Crippen LogP contribution in [0.3, 0.4) is 0 Å². The Labute approximate surface area is 58.0 Å². The Morgan fingerprint density at radius 2 is 2.50 bits per heavy atom. The lowest BCUT2D eigenvalue weighted by molar-refractivity contribution is 0.374. The van der Waals surface area contributed by atoms with Gasteiger partial charge in [-0.1, -0.05) is 6.08 Å². The van der Waals surface area contributed by atoms with E-state index >= 15 is 0 Å². The van der Waals surface area contributed by atoms with Crippen LogP contribution >= 0.6 is 0 Å². The van der Waals surface area contributed by atoms with Gasteiger partial charge in [0.05, 0.1) is 0 Å². The summed E-state index contributed by atoms with van der Waals surface area (Å²) >= 11 is 0. The minimum atomic E-state index is -0.640. The van der Waals surface area contributed by atoms with Gasteiger partial charge < -0.3 is 8.83 Å². The molecule has 3 nitrogen and oxygen atoms in total. The van der Waals surface area contributed by atoms with E-state index in [1.165, 1.54) is 6.26 Å². The Morgan fingerprint density at radius 3 is 3.00 bits per heavy atom. The quantitative estimate of drug-likeness (QED) is 0.595. The van der Waals surface area contributed by atoms with Gasteiger partial charge in [-0.25, -0.2) is 4.79 Å². The van der Waals surface area contributed by atoms with Crippen LogP contribution in [-0.4, -0.2) is 0 Å². The molecule has 0 unspecified atom stereocenters. The molecule has 0 atom stereocenters. The zero-order chi connectivity index (χ0) is 7.40. The van der Waals surface area contributed by atoms with E-state index in [4.69, 9.17) is 0 Å². The summed E-state index contributed by atoms with van der Waals surface area (Å²) in [4.78, 5) is 10.3. The van der Waals surface area contributed by atoms with E-state index in [0.717, 1.165) is 6.42 Å². The lowest BCUT2D eigenvalue weighted by Crippen LogP contribution is -1.86. The van der Waals surface area contributed by atoms with Crippen molar-refractivity contribution in [1.29, 1.82) is 0 Å². The number of rotatable bonds is 3. The van der Waals surface area contributed by atoms with E-state index in [9.17, 15) is 4.79 Å². The maximum Gasteiger partial charge on any atom is 0.518 e. The van der Waals surface area contributed by atoms with Gasteiger partial charge >= 0.3 is 5.82 Å². The van der Waals surface area contributed by atoms with Gasteiger partial charge in [0, 0.05) is 6.42 Å². The molecule has 1 rings (SSSR count). The summed E-state index contributed by atoms with van der Waals surface area (Å²) in [5.41, 5.74) is 0. The van der Waals surface area contributed by atoms with Crippen molar-refractivity contribution in [2.45, 2.75) is 12.8 Å². The first kappa shape index (κ1) is 6.86. The van der Waals surface area contributed by atoms with Crippen LogP contribution in [0.25, 0.3) is 0 Å². The molecule has 0 fully saturated rings. The van der Waals surface area contributed by atoms with Crippen LogP contribution in [0.15, 0.2) is 32.5 Å². The minimum absolute atomic E-state index is 0.574. The van der Waals surface area contributed by atoms with Crippen LogP contribution in [-0.2, 0) is 6.42 Å². The van der Waals surface area contributed by atoms with E-state index in [1.807, 2.05) is 0 Å². The van der Waals surface area contributed by atoms with Crippen LogP contribution in [0.4, 0.5) is 0 Å². The first-order valence-corrected chi connectivity index (χ1v) is 3.01. The average molecular weight is 140 g/mol. The Kier molecular flexibility index (Phi) is 2.10. The van der Waals surface area contributed by atoms with Gasteiger partial charge in [-0.3, -0.25) is 0 Å². The first-order chi connectivity index (χ1) is 4.83. The molecular formula is C7H8O3. The van der Waals surface area contributed by atoms with E-state index in [2.05, 4.69) is 15.4 Å². The highest BCUT2D eigenvalue weighted by Gasteiger charge is 1.97. The molecule has 0 bridgehead atoms. The topological polar surface area (TPSA) is 43.4 Å². The highest BCUT2D eigenvalue weighted by Crippen LogP contribution is 1.99. The van der Waals surface area contributed by atoms with Crippen molar-refractivity contribution in [1.82, 2.24) is 0 Å². The molecule has 54 valence electrons. The lowest BCUT2D eigenvalue weighted by Gasteiger charge is -1.84. The predicted octanol–water partition coefficient (Wildman–Crippen LogP) is 1.35. The molecule has 0 saturated carbocycles. The first-order valence-electron chi connectivity index (χ1n) is 3.01. The predicted molar refractivity (Wildman–Crippen MR) is 35.8 cm³/mol. The molecule has 0 aliphatic carbocycles. The second-order valence-corrected chi connectivity index (χ2v) is 1.88. The molecule has 0 N–H and O–H groups in total. The minimum Gasteiger partial charge on any atom is -0.399 e. The van der Waals surface area contributed by atoms with Crippen LogP contribution in [0.5, 0.6) is 0 Å². The summed E-state index contributed by atoms with van der Waals surface area (Å²) in [6.07, 6.45) is 4.55. The SMILES string of the molecule is C=CCCc1coc(=O)o1. The number of allylic oxidation sites excluding steroid dienone is 1. The van der Waals surface area contributed by atoms with Crippen molar-refractivity contribution in [2.24, 2.45) is 0 Å². The zero-order valence-electron chi connectivity index (χ0n) is 5.50. The fourth-order valence-electron chi connectivity index (χ4n) is 0.623. The number of hydrogen-bond acceptors (Lipinski definition) is 3. The molecule has 0 amide bonds. The smallest absolute Gasteiger partial charge is 0.399 e. The zero-order valence-corrected chi connectivity index (χ0v) is 5.50. The van der Waals surface area contributed by atoms with Crippen molar-refractivity contribution in [3.63, 3.8) is 0 Å². The van der Waals surface area contributed by atoms with Crippen molar-refractivity contribution in [2.75, 3.05) is 0 Å². The third kappa shape index (κ3) is 1.62. The van der Waals surface area contributed by atoms with E-state index in [-0.39, 0.29) is 0 Å². The third-order valence-corrected chi connectivity index (χ3v) is 1.10. The van der Waals surface area contributed by atoms with Crippen molar-refractivity contribution in [3.05, 3.63) is 35.3 Å². The standard InChI is InChI=1S/C7H8O3/c1-2-3-4-6-5-9-7(8)10-6/h2,5H,1,3-4H2. The molecular weight excluding hydrogens is 132 g/mol. The molecule has 1 aromatic heterocycles. The monoisotopic (exact) mass is 140 g/mol. The molecule has 0 aliphatic heterocycles. The second kappa shape index (κ2) is 3.06. The number of aryl methyl sites for hydroxylation is 1. The van der Waals surface area contributed by atoms with Crippen LogP contribution in [0.1, 0.15) is 12.2 Å². The molecule has 3 heteroatoms. The normalized spacial score (nSPS) is 9.60. The Bertz CT molecular complexity index is 256. The average Bonchev–Trinajstić information content (AvgIpc) is 2.31. The van der Waals surface area contributed by atoms with Gasteiger partial charge in [-0.2, -0.15) is 0 Å². The van der Waals surface area contributed by atoms with Gasteiger partial charge in [0.15, 0.2) is 0 Å². The summed E-state index contributed by atoms with van der Waals surface area (Å²) in [6.45, 7) is 3.53. The number of hydrogen-bond donors (Lipinski definition) is 0. The Morgan fingerprint density at radius 1 is 1.70 bits per heavy atom. The highest BCUT2D eigenvalue weighted by molar-refractivity contribution is 4.87. The molecule has 1 aromatic rings. The van der Waals surface area contributed by atoms with Crippen molar-refractivity contribution >= 4 is 0 Å². The van der Waals surface area contributed by atoms with Gasteiger partial charge in [-0.05, 0) is 6.42 Å². The maximum absolute atomic E-state index is 10.3. The molecule has 0 radical (unpaired) electrons. The molecule has 1 heterocycles. The van der Waals surface area contributed by atoms with Crippen molar-refractivity contribution in [3.8, 4) is 0 Å². The summed E-state index contributed by atoms with van der Waals surface area (Å²) in [5.74, 6) is -0.0658. The van der Waals surface area contributed by atoms with E-state index < -0.39 is 5.82 Å². The fourth-order valence-corrected chi connectivity index (χ4v) is 0.623. The Hall–Kier alpha value is -1.25. The third-order valence-electron chi connectivity index (χ3n) is 1.10. The summed E-state index contributed by atoms with van der Waals surface area (Å²) < 4.78 is 9.02. The molecule has 0 saturated heterocycles. The highest BCUT2D eigenvalue weighted by atomic mass is 16.6. The van der Waals surface area contributed by atoms with Crippen LogP contribution in [0.2, 0.25) is 0 Å². The largest absolute Gasteiger partial charge is 0.518 e. The van der Waals surface area contributed by atoms with E-state index in [1.54, 1.807) is 6.08 Å². The van der Waals surface area contributed by atoms with E-state index in [0.29, 0.717) is 12.2 Å². The fraction of sp³-hybridized carbons (Fsp3) is 0.286. The van der Waals surface area contributed by atoms with Gasteiger partial charge in [0.2, 0.25) is 0 Å². The molecule has 0 aromatic carbocycles. The summed E-state index contributed by atoms with van der Waals surface area (Å²) in [7, 11) is 0. The molecule has 0 aliphatic rings. The molecule has 0 spiro atoms.